The molecule has 3 aromatic rings. The van der Waals surface area contributed by atoms with Gasteiger partial charge in [-0.2, -0.15) is 0 Å². The van der Waals surface area contributed by atoms with Gasteiger partial charge in [0, 0.05) is 35.4 Å². The Morgan fingerprint density at radius 1 is 1.15 bits per heavy atom. The number of benzene rings is 1. The minimum absolute atomic E-state index is 0.0751. The maximum absolute atomic E-state index is 12.9. The van der Waals surface area contributed by atoms with E-state index in [-0.39, 0.29) is 11.4 Å². The molecule has 0 unspecified atom stereocenters. The number of carbonyl (C=O) groups is 1. The van der Waals surface area contributed by atoms with Gasteiger partial charge < -0.3 is 10.1 Å². The van der Waals surface area contributed by atoms with Crippen molar-refractivity contribution < 1.29 is 9.53 Å². The number of carbonyl (C=O) groups excluding carboxylic acids is 1. The molecule has 2 aromatic heterocycles. The Labute approximate surface area is 209 Å². The normalized spacial score (nSPS) is 18.7. The summed E-state index contributed by atoms with van der Waals surface area (Å²) in [4.78, 5) is 26.9. The Morgan fingerprint density at radius 3 is 2.68 bits per heavy atom. The van der Waals surface area contributed by atoms with Gasteiger partial charge in [-0.3, -0.25) is 9.69 Å². The van der Waals surface area contributed by atoms with Gasteiger partial charge in [0.05, 0.1) is 19.0 Å². The van der Waals surface area contributed by atoms with E-state index in [2.05, 4.69) is 38.4 Å². The molecule has 1 N–H and O–H groups in total. The molecule has 2 aliphatic rings. The summed E-state index contributed by atoms with van der Waals surface area (Å²) in [6.07, 6.45) is 6.08. The number of thiophene rings is 1. The number of nitrogens with one attached hydrogen (secondary N) is 1. The summed E-state index contributed by atoms with van der Waals surface area (Å²) in [7, 11) is 0. The van der Waals surface area contributed by atoms with Gasteiger partial charge >= 0.3 is 0 Å². The lowest BCUT2D eigenvalue weighted by molar-refractivity contribution is -0.119. The number of fused-ring (bicyclic) bond motifs is 1. The van der Waals surface area contributed by atoms with Crippen molar-refractivity contribution in [1.82, 2.24) is 20.2 Å². The maximum Gasteiger partial charge on any atom is 0.230 e. The molecule has 2 fully saturated rings. The van der Waals surface area contributed by atoms with E-state index in [1.807, 2.05) is 25.1 Å². The molecule has 1 aliphatic carbocycles. The summed E-state index contributed by atoms with van der Waals surface area (Å²) in [6, 6.07) is 12.5. The fourth-order valence-electron chi connectivity index (χ4n) is 5.15. The number of thioether (sulfide) groups is 1. The summed E-state index contributed by atoms with van der Waals surface area (Å²) >= 11 is 3.19. The molecule has 1 aliphatic heterocycles. The molecule has 6 nitrogen and oxygen atoms in total. The second-order valence-electron chi connectivity index (χ2n) is 9.22. The van der Waals surface area contributed by atoms with Gasteiger partial charge in [-0.05, 0) is 31.4 Å². The lowest BCUT2D eigenvalue weighted by Crippen LogP contribution is -2.59. The molecule has 8 heteroatoms. The zero-order valence-electron chi connectivity index (χ0n) is 19.7. The first kappa shape index (κ1) is 23.7. The lowest BCUT2D eigenvalue weighted by Gasteiger charge is -2.48. The molecule has 1 saturated heterocycles. The fourth-order valence-corrected chi connectivity index (χ4v) is 7.18. The van der Waals surface area contributed by atoms with Crippen LogP contribution in [0.5, 0.6) is 0 Å². The summed E-state index contributed by atoms with van der Waals surface area (Å²) in [5, 5.41) is 5.19. The van der Waals surface area contributed by atoms with Gasteiger partial charge in [-0.15, -0.1) is 11.3 Å². The Hall–Kier alpha value is -2.00. The Bertz CT molecular complexity index is 1120. The molecular weight excluding hydrogens is 464 g/mol. The standard InChI is InChI=1S/C26H32N4O2S2/c1-19-28-24(21-16-22(34-25(21)29-19)20-8-4-2-5-9-20)33-17-23(31)27-18-26(10-6-3-7-11-26)30-12-14-32-15-13-30/h2,4-5,8-9,16H,3,6-7,10-15,17-18H2,1H3,(H,27,31). The van der Waals surface area contributed by atoms with Crippen molar-refractivity contribution >= 4 is 39.2 Å². The average Bonchev–Trinajstić information content (AvgIpc) is 3.32. The van der Waals surface area contributed by atoms with E-state index in [1.54, 1.807) is 11.3 Å². The monoisotopic (exact) mass is 496 g/mol. The van der Waals surface area contributed by atoms with Crippen LogP contribution in [-0.2, 0) is 9.53 Å². The highest BCUT2D eigenvalue weighted by Gasteiger charge is 2.38. The van der Waals surface area contributed by atoms with Crippen molar-refractivity contribution in [1.29, 1.82) is 0 Å². The molecule has 1 saturated carbocycles. The second kappa shape index (κ2) is 10.7. The number of hydrogen-bond donors (Lipinski definition) is 1. The summed E-state index contributed by atoms with van der Waals surface area (Å²) < 4.78 is 5.58. The number of aryl methyl sites for hydroxylation is 1. The van der Waals surface area contributed by atoms with Crippen LogP contribution in [-0.4, -0.2) is 64.9 Å². The highest BCUT2D eigenvalue weighted by Crippen LogP contribution is 2.37. The van der Waals surface area contributed by atoms with Crippen LogP contribution in [0, 0.1) is 6.92 Å². The summed E-state index contributed by atoms with van der Waals surface area (Å²) in [5.41, 5.74) is 1.26. The summed E-state index contributed by atoms with van der Waals surface area (Å²) in [6.45, 7) is 6.15. The quantitative estimate of drug-likeness (QED) is 0.370. The SMILES string of the molecule is Cc1nc(SCC(=O)NCC2(N3CCOCC3)CCCCC2)c2cc(-c3ccccc3)sc2n1. The largest absolute Gasteiger partial charge is 0.379 e. The minimum Gasteiger partial charge on any atom is -0.379 e. The van der Waals surface area contributed by atoms with Crippen LogP contribution < -0.4 is 5.32 Å². The number of nitrogens with zero attached hydrogens (tertiary/aromatic N) is 3. The van der Waals surface area contributed by atoms with Crippen LogP contribution in [0.1, 0.15) is 37.9 Å². The zero-order valence-corrected chi connectivity index (χ0v) is 21.3. The molecule has 180 valence electrons. The van der Waals surface area contributed by atoms with Crippen LogP contribution in [0.25, 0.3) is 20.7 Å². The molecule has 1 aromatic carbocycles. The predicted octanol–water partition coefficient (Wildman–Crippen LogP) is 4.91. The number of ether oxygens (including phenoxy) is 1. The lowest BCUT2D eigenvalue weighted by atomic mass is 9.79. The van der Waals surface area contributed by atoms with E-state index in [4.69, 9.17) is 4.74 Å². The second-order valence-corrected chi connectivity index (χ2v) is 11.2. The van der Waals surface area contributed by atoms with E-state index in [0.29, 0.717) is 5.75 Å². The van der Waals surface area contributed by atoms with E-state index >= 15 is 0 Å². The summed E-state index contributed by atoms with van der Waals surface area (Å²) in [5.74, 6) is 1.18. The molecule has 0 radical (unpaired) electrons. The van der Waals surface area contributed by atoms with Crippen LogP contribution >= 0.6 is 23.1 Å². The van der Waals surface area contributed by atoms with Crippen molar-refractivity contribution in [3.63, 3.8) is 0 Å². The molecule has 5 rings (SSSR count). The number of aromatic nitrogens is 2. The van der Waals surface area contributed by atoms with Crippen LogP contribution in [0.3, 0.4) is 0 Å². The highest BCUT2D eigenvalue weighted by atomic mass is 32.2. The van der Waals surface area contributed by atoms with Crippen molar-refractivity contribution in [3.8, 4) is 10.4 Å². The van der Waals surface area contributed by atoms with Crippen molar-refractivity contribution in [2.75, 3.05) is 38.6 Å². The van der Waals surface area contributed by atoms with Gasteiger partial charge in [-0.25, -0.2) is 9.97 Å². The third kappa shape index (κ3) is 5.30. The Balaban J connectivity index is 1.26. The van der Waals surface area contributed by atoms with Crippen molar-refractivity contribution in [2.24, 2.45) is 0 Å². The first-order chi connectivity index (χ1) is 16.6. The number of morpholine rings is 1. The molecule has 1 amide bonds. The molecule has 0 spiro atoms. The smallest absolute Gasteiger partial charge is 0.230 e. The Morgan fingerprint density at radius 2 is 1.91 bits per heavy atom. The molecule has 0 atom stereocenters. The van der Waals surface area contributed by atoms with Crippen LogP contribution in [0.15, 0.2) is 41.4 Å². The Kier molecular flexibility index (Phi) is 7.49. The van der Waals surface area contributed by atoms with E-state index < -0.39 is 0 Å². The number of rotatable bonds is 7. The fraction of sp³-hybridized carbons (Fsp3) is 0.500. The third-order valence-electron chi connectivity index (χ3n) is 6.95. The number of hydrogen-bond acceptors (Lipinski definition) is 7. The third-order valence-corrected chi connectivity index (χ3v) is 9.02. The molecule has 34 heavy (non-hydrogen) atoms. The van der Waals surface area contributed by atoms with Gasteiger partial charge in [-0.1, -0.05) is 61.4 Å². The molecule has 0 bridgehead atoms. The minimum atomic E-state index is 0.0751. The highest BCUT2D eigenvalue weighted by molar-refractivity contribution is 8.00. The van der Waals surface area contributed by atoms with E-state index in [9.17, 15) is 4.79 Å². The first-order valence-corrected chi connectivity index (χ1v) is 14.0. The van der Waals surface area contributed by atoms with Gasteiger partial charge in [0.1, 0.15) is 15.7 Å². The first-order valence-electron chi connectivity index (χ1n) is 12.2. The molecule has 3 heterocycles. The van der Waals surface area contributed by atoms with Crippen molar-refractivity contribution in [3.05, 3.63) is 42.2 Å². The van der Waals surface area contributed by atoms with Gasteiger partial charge in [0.15, 0.2) is 0 Å². The maximum atomic E-state index is 12.9. The predicted molar refractivity (Wildman–Crippen MR) is 140 cm³/mol. The average molecular weight is 497 g/mol. The van der Waals surface area contributed by atoms with E-state index in [1.165, 1.54) is 41.5 Å². The zero-order chi connectivity index (χ0) is 23.4. The van der Waals surface area contributed by atoms with Crippen LogP contribution in [0.2, 0.25) is 0 Å². The molecular formula is C26H32N4O2S2. The van der Waals surface area contributed by atoms with Crippen molar-refractivity contribution in [2.45, 2.75) is 49.6 Å². The van der Waals surface area contributed by atoms with Gasteiger partial charge in [0.2, 0.25) is 5.91 Å². The topological polar surface area (TPSA) is 67.4 Å². The van der Waals surface area contributed by atoms with Gasteiger partial charge in [0.25, 0.3) is 0 Å². The number of amides is 1. The van der Waals surface area contributed by atoms with E-state index in [0.717, 1.165) is 66.8 Å². The van der Waals surface area contributed by atoms with Crippen LogP contribution in [0.4, 0.5) is 0 Å².